The van der Waals surface area contributed by atoms with E-state index in [1.807, 2.05) is 0 Å². The van der Waals surface area contributed by atoms with Crippen LogP contribution in [0.4, 0.5) is 10.1 Å². The van der Waals surface area contributed by atoms with Gasteiger partial charge in [-0.3, -0.25) is 4.79 Å². The van der Waals surface area contributed by atoms with Gasteiger partial charge in [0.1, 0.15) is 5.82 Å². The van der Waals surface area contributed by atoms with Gasteiger partial charge < -0.3 is 10.1 Å². The van der Waals surface area contributed by atoms with Gasteiger partial charge in [0, 0.05) is 23.6 Å². The van der Waals surface area contributed by atoms with E-state index in [-0.39, 0.29) is 17.3 Å². The van der Waals surface area contributed by atoms with E-state index in [0.717, 1.165) is 0 Å². The molecule has 0 saturated carbocycles. The lowest BCUT2D eigenvalue weighted by Crippen LogP contribution is -2.13. The van der Waals surface area contributed by atoms with Crippen LogP contribution < -0.4 is 5.32 Å². The minimum absolute atomic E-state index is 0.271. The molecule has 0 unspecified atom stereocenters. The summed E-state index contributed by atoms with van der Waals surface area (Å²) in [4.78, 5) is 31.9. The molecule has 0 aliphatic heterocycles. The average molecular weight is 351 g/mol. The Balaban J connectivity index is 1.70. The van der Waals surface area contributed by atoms with Crippen LogP contribution in [0.15, 0.2) is 60.9 Å². The molecule has 3 aromatic rings. The van der Waals surface area contributed by atoms with Crippen molar-refractivity contribution in [2.45, 2.75) is 0 Å². The van der Waals surface area contributed by atoms with Gasteiger partial charge in [0.2, 0.25) is 0 Å². The quantitative estimate of drug-likeness (QED) is 0.729. The molecule has 3 rings (SSSR count). The van der Waals surface area contributed by atoms with Crippen LogP contribution in [0.3, 0.4) is 0 Å². The highest BCUT2D eigenvalue weighted by Gasteiger charge is 2.10. The van der Waals surface area contributed by atoms with Gasteiger partial charge in [-0.2, -0.15) is 0 Å². The Hall–Kier alpha value is -3.61. The second-order valence-corrected chi connectivity index (χ2v) is 5.33. The van der Waals surface area contributed by atoms with Crippen molar-refractivity contribution in [3.05, 3.63) is 77.9 Å². The summed E-state index contributed by atoms with van der Waals surface area (Å²) in [5.41, 5.74) is 1.83. The fraction of sp³-hybridized carbons (Fsp3) is 0.0526. The predicted octanol–water partition coefficient (Wildman–Crippen LogP) is 3.32. The molecule has 26 heavy (non-hydrogen) atoms. The predicted molar refractivity (Wildman–Crippen MR) is 93.2 cm³/mol. The number of hydrogen-bond donors (Lipinski definition) is 1. The van der Waals surface area contributed by atoms with E-state index in [9.17, 15) is 14.0 Å². The average Bonchev–Trinajstić information content (AvgIpc) is 2.68. The molecule has 2 aromatic carbocycles. The van der Waals surface area contributed by atoms with Gasteiger partial charge >= 0.3 is 5.97 Å². The number of ether oxygens (including phenoxy) is 1. The van der Waals surface area contributed by atoms with E-state index >= 15 is 0 Å². The number of nitrogens with one attached hydrogen (secondary N) is 1. The molecule has 0 aliphatic rings. The molecule has 0 aliphatic carbocycles. The Morgan fingerprint density at radius 1 is 0.923 bits per heavy atom. The molecule has 0 bridgehead atoms. The summed E-state index contributed by atoms with van der Waals surface area (Å²) in [7, 11) is 1.30. The van der Waals surface area contributed by atoms with Crippen molar-refractivity contribution in [1.29, 1.82) is 0 Å². The Morgan fingerprint density at radius 2 is 1.54 bits per heavy atom. The third kappa shape index (κ3) is 3.89. The Bertz CT molecular complexity index is 924. The molecule has 0 radical (unpaired) electrons. The van der Waals surface area contributed by atoms with Crippen molar-refractivity contribution in [3.63, 3.8) is 0 Å². The molecule has 0 spiro atoms. The summed E-state index contributed by atoms with van der Waals surface area (Å²) in [6.07, 6.45) is 2.79. The number of aromatic nitrogens is 2. The number of carbonyl (C=O) groups is 2. The maximum atomic E-state index is 12.9. The molecule has 130 valence electrons. The van der Waals surface area contributed by atoms with Crippen LogP contribution in [0.25, 0.3) is 11.4 Å². The van der Waals surface area contributed by atoms with Crippen LogP contribution in [0.5, 0.6) is 0 Å². The summed E-state index contributed by atoms with van der Waals surface area (Å²) in [5, 5.41) is 2.69. The van der Waals surface area contributed by atoms with E-state index in [0.29, 0.717) is 22.6 Å². The first-order valence-electron chi connectivity index (χ1n) is 7.64. The molecule has 0 saturated heterocycles. The van der Waals surface area contributed by atoms with Crippen LogP contribution in [-0.2, 0) is 4.74 Å². The van der Waals surface area contributed by atoms with Crippen molar-refractivity contribution in [2.24, 2.45) is 0 Å². The molecule has 0 atom stereocenters. The van der Waals surface area contributed by atoms with Crippen LogP contribution >= 0.6 is 0 Å². The van der Waals surface area contributed by atoms with Gasteiger partial charge in [-0.25, -0.2) is 19.2 Å². The largest absolute Gasteiger partial charge is 0.465 e. The van der Waals surface area contributed by atoms with Crippen molar-refractivity contribution < 1.29 is 18.7 Å². The minimum atomic E-state index is -0.451. The first kappa shape index (κ1) is 17.2. The molecular weight excluding hydrogens is 337 g/mol. The number of benzene rings is 2. The van der Waals surface area contributed by atoms with Crippen LogP contribution in [0.2, 0.25) is 0 Å². The van der Waals surface area contributed by atoms with Crippen molar-refractivity contribution in [1.82, 2.24) is 9.97 Å². The third-order valence-electron chi connectivity index (χ3n) is 3.58. The van der Waals surface area contributed by atoms with E-state index < -0.39 is 5.97 Å². The van der Waals surface area contributed by atoms with E-state index in [4.69, 9.17) is 0 Å². The molecule has 6 nitrogen and oxygen atoms in total. The SMILES string of the molecule is COC(=O)c1ccc(NC(=O)c2cnc(-c3ccc(F)cc3)nc2)cc1. The molecule has 1 aromatic heterocycles. The smallest absolute Gasteiger partial charge is 0.337 e. The second-order valence-electron chi connectivity index (χ2n) is 5.33. The summed E-state index contributed by atoms with van der Waals surface area (Å²) in [6.45, 7) is 0. The Kier molecular flexibility index (Phi) is 4.98. The fourth-order valence-corrected chi connectivity index (χ4v) is 2.20. The van der Waals surface area contributed by atoms with E-state index in [1.54, 1.807) is 36.4 Å². The summed E-state index contributed by atoms with van der Waals surface area (Å²) in [5.74, 6) is -0.791. The first-order chi connectivity index (χ1) is 12.6. The number of esters is 1. The Morgan fingerprint density at radius 3 is 2.12 bits per heavy atom. The van der Waals surface area contributed by atoms with Gasteiger partial charge in [-0.1, -0.05) is 0 Å². The lowest BCUT2D eigenvalue weighted by molar-refractivity contribution is 0.0600. The molecule has 1 amide bonds. The zero-order valence-electron chi connectivity index (χ0n) is 13.8. The van der Waals surface area contributed by atoms with Crippen molar-refractivity contribution in [3.8, 4) is 11.4 Å². The number of anilines is 1. The van der Waals surface area contributed by atoms with Gasteiger partial charge in [0.05, 0.1) is 18.2 Å². The highest BCUT2D eigenvalue weighted by Crippen LogP contribution is 2.16. The Labute approximate surface area is 148 Å². The normalized spacial score (nSPS) is 10.2. The number of amides is 1. The van der Waals surface area contributed by atoms with Crippen molar-refractivity contribution >= 4 is 17.6 Å². The minimum Gasteiger partial charge on any atom is -0.465 e. The summed E-state index contributed by atoms with van der Waals surface area (Å²) in [6, 6.07) is 12.1. The molecule has 0 fully saturated rings. The molecule has 7 heteroatoms. The number of rotatable bonds is 4. The monoisotopic (exact) mass is 351 g/mol. The zero-order chi connectivity index (χ0) is 18.5. The second kappa shape index (κ2) is 7.52. The van der Waals surface area contributed by atoms with Gasteiger partial charge in [-0.05, 0) is 48.5 Å². The van der Waals surface area contributed by atoms with Gasteiger partial charge in [0.25, 0.3) is 5.91 Å². The topological polar surface area (TPSA) is 81.2 Å². The number of methoxy groups -OCH3 is 1. The maximum Gasteiger partial charge on any atom is 0.337 e. The highest BCUT2D eigenvalue weighted by molar-refractivity contribution is 6.04. The van der Waals surface area contributed by atoms with Crippen LogP contribution in [0.1, 0.15) is 20.7 Å². The maximum absolute atomic E-state index is 12.9. The number of nitrogens with zero attached hydrogens (tertiary/aromatic N) is 2. The van der Waals surface area contributed by atoms with E-state index in [1.165, 1.54) is 31.6 Å². The molecular formula is C19H14FN3O3. The fourth-order valence-electron chi connectivity index (χ4n) is 2.20. The van der Waals surface area contributed by atoms with Gasteiger partial charge in [-0.15, -0.1) is 0 Å². The van der Waals surface area contributed by atoms with Gasteiger partial charge in [0.15, 0.2) is 5.82 Å². The molecule has 1 N–H and O–H groups in total. The lowest BCUT2D eigenvalue weighted by atomic mass is 10.2. The molecule has 1 heterocycles. The van der Waals surface area contributed by atoms with Crippen molar-refractivity contribution in [2.75, 3.05) is 12.4 Å². The summed E-state index contributed by atoms with van der Waals surface area (Å²) < 4.78 is 17.6. The number of carbonyl (C=O) groups excluding carboxylic acids is 2. The zero-order valence-corrected chi connectivity index (χ0v) is 13.8. The summed E-state index contributed by atoms with van der Waals surface area (Å²) >= 11 is 0. The number of halogens is 1. The van der Waals surface area contributed by atoms with Crippen LogP contribution in [-0.4, -0.2) is 29.0 Å². The lowest BCUT2D eigenvalue weighted by Gasteiger charge is -2.06. The standard InChI is InChI=1S/C19H14FN3O3/c1-26-19(25)13-4-8-16(9-5-13)23-18(24)14-10-21-17(22-11-14)12-2-6-15(20)7-3-12/h2-11H,1H3,(H,23,24). The van der Waals surface area contributed by atoms with Crippen LogP contribution in [0, 0.1) is 5.82 Å². The van der Waals surface area contributed by atoms with E-state index in [2.05, 4.69) is 20.0 Å². The highest BCUT2D eigenvalue weighted by atomic mass is 19.1. The first-order valence-corrected chi connectivity index (χ1v) is 7.64. The number of hydrogen-bond acceptors (Lipinski definition) is 5. The third-order valence-corrected chi connectivity index (χ3v) is 3.58.